The Labute approximate surface area is 147 Å². The van der Waals surface area contributed by atoms with Crippen LogP contribution in [-0.2, 0) is 0 Å². The number of amides is 1. The maximum absolute atomic E-state index is 12.9. The molecule has 1 amide bonds. The molecule has 2 aromatic heterocycles. The average molecular weight is 338 g/mol. The number of carbonyl (C=O) groups is 1. The summed E-state index contributed by atoms with van der Waals surface area (Å²) in [6.45, 7) is 3.19. The summed E-state index contributed by atoms with van der Waals surface area (Å²) in [6, 6.07) is 3.73. The normalized spacial score (nSPS) is 21.8. The monoisotopic (exact) mass is 338 g/mol. The number of likely N-dealkylation sites (tertiary alicyclic amines) is 1. The molecular formula is C19H22N4O2. The van der Waals surface area contributed by atoms with Gasteiger partial charge in [0.1, 0.15) is 0 Å². The number of nitrogens with zero attached hydrogens (tertiary/aromatic N) is 4. The Balaban J connectivity index is 1.54. The van der Waals surface area contributed by atoms with Crippen molar-refractivity contribution in [3.63, 3.8) is 0 Å². The minimum absolute atomic E-state index is 0.0378. The van der Waals surface area contributed by atoms with Crippen molar-refractivity contribution < 1.29 is 9.90 Å². The minimum Gasteiger partial charge on any atom is -0.390 e. The highest BCUT2D eigenvalue weighted by Gasteiger charge is 2.49. The molecule has 1 aliphatic carbocycles. The molecule has 6 heteroatoms. The zero-order valence-electron chi connectivity index (χ0n) is 14.4. The maximum atomic E-state index is 12.9. The van der Waals surface area contributed by atoms with Crippen molar-refractivity contribution in [3.8, 4) is 11.4 Å². The van der Waals surface area contributed by atoms with E-state index in [4.69, 9.17) is 0 Å². The highest BCUT2D eigenvalue weighted by Crippen LogP contribution is 2.45. The van der Waals surface area contributed by atoms with Gasteiger partial charge in [-0.05, 0) is 44.7 Å². The average Bonchev–Trinajstić information content (AvgIpc) is 3.41. The van der Waals surface area contributed by atoms with Crippen LogP contribution in [0.1, 0.15) is 41.7 Å². The van der Waals surface area contributed by atoms with Crippen LogP contribution >= 0.6 is 0 Å². The molecule has 1 saturated carbocycles. The van der Waals surface area contributed by atoms with E-state index in [0.29, 0.717) is 23.6 Å². The number of pyridine rings is 1. The Hall–Kier alpha value is -2.34. The van der Waals surface area contributed by atoms with Gasteiger partial charge < -0.3 is 10.0 Å². The molecule has 2 aromatic rings. The van der Waals surface area contributed by atoms with Gasteiger partial charge in [-0.1, -0.05) is 0 Å². The number of piperidine rings is 1. The van der Waals surface area contributed by atoms with Gasteiger partial charge in [0, 0.05) is 43.2 Å². The third-order valence-electron chi connectivity index (χ3n) is 5.36. The molecule has 25 heavy (non-hydrogen) atoms. The van der Waals surface area contributed by atoms with E-state index in [1.54, 1.807) is 18.6 Å². The molecule has 4 rings (SSSR count). The summed E-state index contributed by atoms with van der Waals surface area (Å²) < 4.78 is 0. The van der Waals surface area contributed by atoms with Gasteiger partial charge in [0.25, 0.3) is 5.91 Å². The van der Waals surface area contributed by atoms with Crippen LogP contribution < -0.4 is 0 Å². The smallest absolute Gasteiger partial charge is 0.257 e. The molecule has 0 radical (unpaired) electrons. The van der Waals surface area contributed by atoms with Crippen molar-refractivity contribution in [3.05, 3.63) is 42.0 Å². The molecular weight excluding hydrogens is 316 g/mol. The minimum atomic E-state index is -0.533. The van der Waals surface area contributed by atoms with Crippen molar-refractivity contribution in [2.45, 2.75) is 38.2 Å². The summed E-state index contributed by atoms with van der Waals surface area (Å²) in [7, 11) is 0. The lowest BCUT2D eigenvalue weighted by molar-refractivity contribution is 0.0281. The van der Waals surface area contributed by atoms with E-state index in [1.165, 1.54) is 0 Å². The fraction of sp³-hybridized carbons (Fsp3) is 0.474. The van der Waals surface area contributed by atoms with Crippen LogP contribution in [-0.4, -0.2) is 49.6 Å². The van der Waals surface area contributed by atoms with Crippen molar-refractivity contribution in [1.82, 2.24) is 19.9 Å². The summed E-state index contributed by atoms with van der Waals surface area (Å²) in [4.78, 5) is 27.7. The topological polar surface area (TPSA) is 79.2 Å². The second kappa shape index (κ2) is 6.19. The first-order chi connectivity index (χ1) is 12.1. The van der Waals surface area contributed by atoms with Gasteiger partial charge in [-0.15, -0.1) is 0 Å². The molecule has 130 valence electrons. The van der Waals surface area contributed by atoms with Crippen molar-refractivity contribution in [1.29, 1.82) is 0 Å². The lowest BCUT2D eigenvalue weighted by Gasteiger charge is -2.35. The Bertz CT molecular complexity index is 789. The van der Waals surface area contributed by atoms with Gasteiger partial charge in [-0.25, -0.2) is 9.97 Å². The molecule has 1 aliphatic heterocycles. The van der Waals surface area contributed by atoms with Crippen molar-refractivity contribution in [2.24, 2.45) is 5.92 Å². The van der Waals surface area contributed by atoms with Gasteiger partial charge >= 0.3 is 0 Å². The number of aromatic nitrogens is 3. The predicted octanol–water partition coefficient (Wildman–Crippen LogP) is 2.22. The molecule has 2 fully saturated rings. The van der Waals surface area contributed by atoms with Crippen LogP contribution in [0.4, 0.5) is 0 Å². The van der Waals surface area contributed by atoms with Crippen LogP contribution in [0.3, 0.4) is 0 Å². The lowest BCUT2D eigenvalue weighted by atomic mass is 9.90. The second-order valence-electron chi connectivity index (χ2n) is 7.13. The number of aryl methyl sites for hydroxylation is 1. The molecule has 1 N–H and O–H groups in total. The van der Waals surface area contributed by atoms with Gasteiger partial charge in [0.15, 0.2) is 5.82 Å². The number of rotatable bonds is 3. The molecule has 0 bridgehead atoms. The van der Waals surface area contributed by atoms with Crippen molar-refractivity contribution >= 4 is 5.91 Å². The van der Waals surface area contributed by atoms with E-state index in [0.717, 1.165) is 37.8 Å². The Morgan fingerprint density at radius 3 is 2.88 bits per heavy atom. The number of carbonyl (C=O) groups excluding carboxylic acids is 1. The fourth-order valence-electron chi connectivity index (χ4n) is 3.62. The summed E-state index contributed by atoms with van der Waals surface area (Å²) >= 11 is 0. The van der Waals surface area contributed by atoms with Crippen LogP contribution in [0, 0.1) is 12.8 Å². The van der Waals surface area contributed by atoms with Gasteiger partial charge in [-0.3, -0.25) is 9.78 Å². The zero-order valence-corrected chi connectivity index (χ0v) is 14.4. The largest absolute Gasteiger partial charge is 0.390 e. The Morgan fingerprint density at radius 1 is 1.36 bits per heavy atom. The SMILES string of the molecule is Cc1nc(-c2cccnc2)ncc1C(=O)N1CCCC(C2(O)CC2)C1. The summed E-state index contributed by atoms with van der Waals surface area (Å²) in [5, 5.41) is 10.4. The second-order valence-corrected chi connectivity index (χ2v) is 7.13. The van der Waals surface area contributed by atoms with Crippen molar-refractivity contribution in [2.75, 3.05) is 13.1 Å². The highest BCUT2D eigenvalue weighted by molar-refractivity contribution is 5.95. The fourth-order valence-corrected chi connectivity index (χ4v) is 3.62. The van der Waals surface area contributed by atoms with Crippen LogP contribution in [0.15, 0.2) is 30.7 Å². The lowest BCUT2D eigenvalue weighted by Crippen LogP contribution is -2.44. The van der Waals surface area contributed by atoms with Gasteiger partial charge in [0.2, 0.25) is 0 Å². The van der Waals surface area contributed by atoms with Crippen LogP contribution in [0.2, 0.25) is 0 Å². The first-order valence-electron chi connectivity index (χ1n) is 8.82. The molecule has 0 aromatic carbocycles. The zero-order chi connectivity index (χ0) is 17.4. The Morgan fingerprint density at radius 2 is 2.20 bits per heavy atom. The highest BCUT2D eigenvalue weighted by atomic mass is 16.3. The van der Waals surface area contributed by atoms with Gasteiger partial charge in [-0.2, -0.15) is 0 Å². The van der Waals surface area contributed by atoms with E-state index in [-0.39, 0.29) is 11.8 Å². The number of aliphatic hydroxyl groups is 1. The summed E-state index contributed by atoms with van der Waals surface area (Å²) in [5.41, 5.74) is 1.51. The number of hydrogen-bond acceptors (Lipinski definition) is 5. The molecule has 1 saturated heterocycles. The maximum Gasteiger partial charge on any atom is 0.257 e. The van der Waals surface area contributed by atoms with E-state index in [9.17, 15) is 9.90 Å². The molecule has 1 atom stereocenters. The third kappa shape index (κ3) is 3.14. The predicted molar refractivity (Wildman–Crippen MR) is 92.8 cm³/mol. The molecule has 2 aliphatic rings. The third-order valence-corrected chi connectivity index (χ3v) is 5.36. The molecule has 1 unspecified atom stereocenters. The van der Waals surface area contributed by atoms with E-state index >= 15 is 0 Å². The first kappa shape index (κ1) is 16.1. The molecule has 0 spiro atoms. The van der Waals surface area contributed by atoms with Crippen LogP contribution in [0.5, 0.6) is 0 Å². The van der Waals surface area contributed by atoms with E-state index < -0.39 is 5.60 Å². The van der Waals surface area contributed by atoms with E-state index in [1.807, 2.05) is 24.0 Å². The van der Waals surface area contributed by atoms with Crippen LogP contribution in [0.25, 0.3) is 11.4 Å². The first-order valence-corrected chi connectivity index (χ1v) is 8.82. The number of hydrogen-bond donors (Lipinski definition) is 1. The summed E-state index contributed by atoms with van der Waals surface area (Å²) in [6.07, 6.45) is 8.69. The summed E-state index contributed by atoms with van der Waals surface area (Å²) in [5.74, 6) is 0.733. The molecule has 3 heterocycles. The molecule has 6 nitrogen and oxygen atoms in total. The Kier molecular flexibility index (Phi) is 4.00. The van der Waals surface area contributed by atoms with Gasteiger partial charge in [0.05, 0.1) is 16.9 Å². The standard InChI is InChI=1S/C19H22N4O2/c1-13-16(11-21-17(22-13)14-4-2-8-20-10-14)18(24)23-9-3-5-15(12-23)19(25)6-7-19/h2,4,8,10-11,15,25H,3,5-7,9,12H2,1H3. The van der Waals surface area contributed by atoms with E-state index in [2.05, 4.69) is 15.0 Å². The quantitative estimate of drug-likeness (QED) is 0.928.